The van der Waals surface area contributed by atoms with Crippen molar-refractivity contribution in [2.45, 2.75) is 70.8 Å². The largest absolute Gasteiger partial charge is 0.482 e. The standard InChI is InChI=1S/C21H22F4N2O2.C2H6/c1-12-15-9-14(27-17(15)4-3-7-26-12)10-20(28,21(23,24)25)11-19(2)16-6-5-13(22)8-18(16)29-19;1-2/h5-6,8-9,27-28H,3-4,7,10-11H2,1-2H3;1-2H3. The molecule has 4 nitrogen and oxygen atoms in total. The van der Waals surface area contributed by atoms with Gasteiger partial charge < -0.3 is 14.8 Å². The minimum Gasteiger partial charge on any atom is -0.482 e. The first kappa shape index (κ1) is 23.3. The van der Waals surface area contributed by atoms with E-state index in [4.69, 9.17) is 4.74 Å². The van der Waals surface area contributed by atoms with E-state index in [0.29, 0.717) is 24.2 Å². The number of aromatic nitrogens is 1. The Morgan fingerprint density at radius 2 is 1.94 bits per heavy atom. The van der Waals surface area contributed by atoms with Crippen molar-refractivity contribution in [1.82, 2.24) is 4.98 Å². The number of hydrogen-bond donors (Lipinski definition) is 2. The monoisotopic (exact) mass is 440 g/mol. The predicted octanol–water partition coefficient (Wildman–Crippen LogP) is 5.47. The van der Waals surface area contributed by atoms with Gasteiger partial charge in [0, 0.05) is 53.7 Å². The van der Waals surface area contributed by atoms with Gasteiger partial charge in [-0.3, -0.25) is 4.99 Å². The summed E-state index contributed by atoms with van der Waals surface area (Å²) in [5.74, 6) is -0.322. The number of nitrogens with zero attached hydrogens (tertiary/aromatic N) is 1. The van der Waals surface area contributed by atoms with Crippen LogP contribution in [0.1, 0.15) is 63.1 Å². The molecule has 31 heavy (non-hydrogen) atoms. The molecule has 4 rings (SSSR count). The highest BCUT2D eigenvalue weighted by molar-refractivity contribution is 6.00. The van der Waals surface area contributed by atoms with E-state index < -0.39 is 36.0 Å². The number of aliphatic hydroxyl groups is 1. The molecule has 8 heteroatoms. The van der Waals surface area contributed by atoms with Crippen LogP contribution in [0.2, 0.25) is 0 Å². The van der Waals surface area contributed by atoms with Crippen LogP contribution >= 0.6 is 0 Å². The third-order valence-electron chi connectivity index (χ3n) is 5.77. The van der Waals surface area contributed by atoms with Crippen LogP contribution in [-0.2, 0) is 18.4 Å². The zero-order valence-corrected chi connectivity index (χ0v) is 18.2. The molecule has 0 amide bonds. The number of H-pyrrole nitrogens is 1. The molecule has 0 bridgehead atoms. The summed E-state index contributed by atoms with van der Waals surface area (Å²) in [6, 6.07) is 5.36. The molecule has 0 spiro atoms. The topological polar surface area (TPSA) is 57.6 Å². The lowest BCUT2D eigenvalue weighted by molar-refractivity contribution is -0.276. The number of alkyl halides is 3. The summed E-state index contributed by atoms with van der Waals surface area (Å²) in [5, 5.41) is 10.7. The molecular weight excluding hydrogens is 412 g/mol. The smallest absolute Gasteiger partial charge is 0.417 e. The summed E-state index contributed by atoms with van der Waals surface area (Å²) in [6.45, 7) is 7.99. The van der Waals surface area contributed by atoms with Crippen LogP contribution in [0.15, 0.2) is 29.3 Å². The molecule has 2 N–H and O–H groups in total. The van der Waals surface area contributed by atoms with E-state index in [0.717, 1.165) is 29.5 Å². The number of fused-ring (bicyclic) bond motifs is 2. The van der Waals surface area contributed by atoms with Gasteiger partial charge in [0.15, 0.2) is 5.60 Å². The first-order valence-corrected chi connectivity index (χ1v) is 10.5. The Morgan fingerprint density at radius 3 is 2.58 bits per heavy atom. The molecule has 1 aromatic carbocycles. The van der Waals surface area contributed by atoms with E-state index >= 15 is 0 Å². The molecule has 2 unspecified atom stereocenters. The quantitative estimate of drug-likeness (QED) is 0.620. The highest BCUT2D eigenvalue weighted by Gasteiger charge is 2.59. The number of halogens is 4. The van der Waals surface area contributed by atoms with E-state index in [-0.39, 0.29) is 5.75 Å². The summed E-state index contributed by atoms with van der Waals surface area (Å²) >= 11 is 0. The lowest BCUT2D eigenvalue weighted by atomic mass is 9.77. The fourth-order valence-electron chi connectivity index (χ4n) is 4.30. The maximum Gasteiger partial charge on any atom is 0.417 e. The Morgan fingerprint density at radius 1 is 1.23 bits per heavy atom. The second kappa shape index (κ2) is 8.30. The van der Waals surface area contributed by atoms with Gasteiger partial charge in [-0.2, -0.15) is 13.2 Å². The molecule has 0 aliphatic carbocycles. The summed E-state index contributed by atoms with van der Waals surface area (Å²) < 4.78 is 60.6. The average molecular weight is 440 g/mol. The highest BCUT2D eigenvalue weighted by Crippen LogP contribution is 2.51. The van der Waals surface area contributed by atoms with Crippen LogP contribution in [0.5, 0.6) is 5.75 Å². The van der Waals surface area contributed by atoms with E-state index in [1.807, 2.05) is 20.8 Å². The number of hydrogen-bond acceptors (Lipinski definition) is 3. The van der Waals surface area contributed by atoms with Crippen molar-refractivity contribution in [3.05, 3.63) is 52.6 Å². The van der Waals surface area contributed by atoms with Gasteiger partial charge in [0.25, 0.3) is 0 Å². The van der Waals surface area contributed by atoms with Gasteiger partial charge in [-0.1, -0.05) is 13.8 Å². The number of aliphatic imine (C=N–C) groups is 1. The van der Waals surface area contributed by atoms with Crippen LogP contribution in [0.4, 0.5) is 17.6 Å². The SMILES string of the molecule is CC.CC1=NCCCc2[nH]c(CC(O)(CC3(C)Oc4cc(F)ccc43)C(F)(F)F)cc21. The first-order valence-electron chi connectivity index (χ1n) is 10.5. The van der Waals surface area contributed by atoms with Crippen molar-refractivity contribution >= 4 is 5.71 Å². The maximum atomic E-state index is 13.9. The molecule has 2 aliphatic rings. The van der Waals surface area contributed by atoms with Crippen LogP contribution < -0.4 is 4.74 Å². The third kappa shape index (κ3) is 4.35. The molecule has 3 heterocycles. The second-order valence-electron chi connectivity index (χ2n) is 8.11. The molecule has 2 aromatic rings. The molecule has 0 fully saturated rings. The zero-order valence-electron chi connectivity index (χ0n) is 18.2. The molecule has 0 saturated carbocycles. The van der Waals surface area contributed by atoms with Crippen molar-refractivity contribution in [2.24, 2.45) is 4.99 Å². The van der Waals surface area contributed by atoms with Gasteiger partial charge in [0.2, 0.25) is 0 Å². The van der Waals surface area contributed by atoms with Gasteiger partial charge in [0.05, 0.1) is 0 Å². The first-order chi connectivity index (χ1) is 14.5. The van der Waals surface area contributed by atoms with Crippen LogP contribution in [0.3, 0.4) is 0 Å². The summed E-state index contributed by atoms with van der Waals surface area (Å²) in [7, 11) is 0. The summed E-state index contributed by atoms with van der Waals surface area (Å²) in [4.78, 5) is 7.45. The van der Waals surface area contributed by atoms with Gasteiger partial charge in [-0.25, -0.2) is 4.39 Å². The molecule has 2 atom stereocenters. The van der Waals surface area contributed by atoms with Gasteiger partial charge in [0.1, 0.15) is 17.2 Å². The predicted molar refractivity (Wildman–Crippen MR) is 111 cm³/mol. The van der Waals surface area contributed by atoms with E-state index in [1.54, 1.807) is 6.07 Å². The van der Waals surface area contributed by atoms with Gasteiger partial charge >= 0.3 is 6.18 Å². The van der Waals surface area contributed by atoms with E-state index in [2.05, 4.69) is 9.98 Å². The van der Waals surface area contributed by atoms with Crippen molar-refractivity contribution < 1.29 is 27.4 Å². The van der Waals surface area contributed by atoms with Gasteiger partial charge in [-0.15, -0.1) is 0 Å². The fraction of sp³-hybridized carbons (Fsp3) is 0.522. The van der Waals surface area contributed by atoms with Gasteiger partial charge in [-0.05, 0) is 44.9 Å². The minimum absolute atomic E-state index is 0.204. The number of aryl methyl sites for hydroxylation is 1. The Hall–Kier alpha value is -2.35. The Balaban J connectivity index is 0.00000132. The molecule has 0 saturated heterocycles. The molecule has 0 radical (unpaired) electrons. The molecule has 1 aromatic heterocycles. The zero-order chi connectivity index (χ0) is 23.0. The Kier molecular flexibility index (Phi) is 6.24. The Labute approximate surface area is 179 Å². The van der Waals surface area contributed by atoms with E-state index in [9.17, 15) is 22.7 Å². The van der Waals surface area contributed by atoms with Crippen molar-refractivity contribution in [3.8, 4) is 5.75 Å². The molecule has 170 valence electrons. The third-order valence-corrected chi connectivity index (χ3v) is 5.77. The Bertz CT molecular complexity index is 982. The van der Waals surface area contributed by atoms with Crippen molar-refractivity contribution in [3.63, 3.8) is 0 Å². The fourth-order valence-corrected chi connectivity index (χ4v) is 4.30. The number of benzene rings is 1. The van der Waals surface area contributed by atoms with E-state index in [1.165, 1.54) is 19.1 Å². The van der Waals surface area contributed by atoms with Crippen molar-refractivity contribution in [2.75, 3.05) is 6.54 Å². The number of aromatic amines is 1. The lowest BCUT2D eigenvalue weighted by Crippen LogP contribution is -2.54. The van der Waals surface area contributed by atoms with Crippen LogP contribution in [0.25, 0.3) is 0 Å². The number of ether oxygens (including phenoxy) is 1. The minimum atomic E-state index is -4.87. The summed E-state index contributed by atoms with van der Waals surface area (Å²) in [6.07, 6.45) is -4.70. The average Bonchev–Trinajstić information content (AvgIpc) is 2.99. The number of rotatable bonds is 4. The number of nitrogens with one attached hydrogen (secondary N) is 1. The normalized spacial score (nSPS) is 21.8. The highest BCUT2D eigenvalue weighted by atomic mass is 19.4. The molecular formula is C23H28F4N2O2. The van der Waals surface area contributed by atoms with Crippen LogP contribution in [-0.4, -0.2) is 34.1 Å². The molecule has 2 aliphatic heterocycles. The van der Waals surface area contributed by atoms with Crippen molar-refractivity contribution in [1.29, 1.82) is 0 Å². The lowest BCUT2D eigenvalue weighted by Gasteiger charge is -2.46. The second-order valence-corrected chi connectivity index (χ2v) is 8.11. The maximum absolute atomic E-state index is 13.9. The summed E-state index contributed by atoms with van der Waals surface area (Å²) in [5.41, 5.74) is -1.19. The van der Waals surface area contributed by atoms with Crippen LogP contribution in [0, 0.1) is 5.82 Å².